The Morgan fingerprint density at radius 2 is 1.93 bits per heavy atom. The molecule has 2 aromatic rings. The number of halogens is 2. The predicted octanol–water partition coefficient (Wildman–Crippen LogP) is 4.69. The van der Waals surface area contributed by atoms with Crippen LogP contribution in [0.15, 0.2) is 51.8 Å². The minimum absolute atomic E-state index is 0.0834. The Morgan fingerprint density at radius 1 is 1.24 bits per heavy atom. The number of thioether (sulfide) groups is 1. The molecule has 29 heavy (non-hydrogen) atoms. The first-order valence-electron chi connectivity index (χ1n) is 7.99. The van der Waals surface area contributed by atoms with Crippen LogP contribution < -0.4 is 5.32 Å². The molecule has 0 bridgehead atoms. The van der Waals surface area contributed by atoms with Crippen molar-refractivity contribution in [2.45, 2.75) is 0 Å². The smallest absolute Gasteiger partial charge is 0.294 e. The van der Waals surface area contributed by atoms with E-state index in [-0.39, 0.29) is 10.6 Å². The number of carbonyl (C=O) groups excluding carboxylic acids is 3. The summed E-state index contributed by atoms with van der Waals surface area (Å²) in [5.74, 6) is -1.16. The van der Waals surface area contributed by atoms with E-state index < -0.39 is 28.5 Å². The van der Waals surface area contributed by atoms with Crippen molar-refractivity contribution in [3.05, 3.63) is 72.5 Å². The maximum atomic E-state index is 12.5. The molecule has 1 fully saturated rings. The van der Waals surface area contributed by atoms with Gasteiger partial charge in [-0.05, 0) is 69.7 Å². The van der Waals surface area contributed by atoms with Crippen LogP contribution in [0.25, 0.3) is 6.08 Å². The monoisotopic (exact) mass is 495 g/mol. The van der Waals surface area contributed by atoms with Gasteiger partial charge in [0.25, 0.3) is 16.8 Å². The Labute approximate surface area is 182 Å². The Morgan fingerprint density at radius 3 is 2.55 bits per heavy atom. The number of rotatable bonds is 5. The van der Waals surface area contributed by atoms with Crippen molar-refractivity contribution < 1.29 is 19.3 Å². The first-order valence-corrected chi connectivity index (χ1v) is 9.98. The van der Waals surface area contributed by atoms with Gasteiger partial charge >= 0.3 is 0 Å². The number of non-ortho nitro benzene ring substituents is 1. The van der Waals surface area contributed by atoms with E-state index in [1.54, 1.807) is 12.1 Å². The van der Waals surface area contributed by atoms with Crippen LogP contribution in [-0.4, -0.2) is 33.4 Å². The second-order valence-corrected chi connectivity index (χ2v) is 8.05. The zero-order valence-corrected chi connectivity index (χ0v) is 17.6. The third kappa shape index (κ3) is 5.03. The summed E-state index contributed by atoms with van der Waals surface area (Å²) in [7, 11) is 0. The number of nitro groups is 1. The van der Waals surface area contributed by atoms with Crippen molar-refractivity contribution in [3.8, 4) is 0 Å². The second-order valence-electron chi connectivity index (χ2n) is 5.79. The Bertz CT molecular complexity index is 1060. The van der Waals surface area contributed by atoms with Crippen molar-refractivity contribution in [2.75, 3.05) is 11.9 Å². The summed E-state index contributed by atoms with van der Waals surface area (Å²) in [5.41, 5.74) is 0.867. The van der Waals surface area contributed by atoms with Crippen LogP contribution in [0.3, 0.4) is 0 Å². The lowest BCUT2D eigenvalue weighted by molar-refractivity contribution is -0.384. The van der Waals surface area contributed by atoms with E-state index in [9.17, 15) is 24.5 Å². The van der Waals surface area contributed by atoms with Crippen molar-refractivity contribution in [1.82, 2.24) is 4.90 Å². The van der Waals surface area contributed by atoms with Gasteiger partial charge in [0.2, 0.25) is 5.91 Å². The van der Waals surface area contributed by atoms with Gasteiger partial charge in [0.05, 0.1) is 14.9 Å². The van der Waals surface area contributed by atoms with Crippen LogP contribution in [0.5, 0.6) is 0 Å². The lowest BCUT2D eigenvalue weighted by atomic mass is 10.2. The molecule has 0 unspecified atom stereocenters. The van der Waals surface area contributed by atoms with Crippen molar-refractivity contribution >= 4 is 73.8 Å². The summed E-state index contributed by atoms with van der Waals surface area (Å²) >= 11 is 9.91. The number of anilines is 1. The van der Waals surface area contributed by atoms with Gasteiger partial charge in [0.1, 0.15) is 6.54 Å². The lowest BCUT2D eigenvalue weighted by Crippen LogP contribution is -2.36. The number of nitrogens with zero attached hydrogens (tertiary/aromatic N) is 2. The highest BCUT2D eigenvalue weighted by Crippen LogP contribution is 2.32. The fraction of sp³-hybridized carbons (Fsp3) is 0.0556. The topological polar surface area (TPSA) is 110 Å². The molecule has 0 saturated carbocycles. The van der Waals surface area contributed by atoms with Gasteiger partial charge in [0.15, 0.2) is 0 Å². The fourth-order valence-corrected chi connectivity index (χ4v) is 3.66. The minimum Gasteiger partial charge on any atom is -0.324 e. The number of nitro benzene ring substituents is 1. The molecule has 3 rings (SSSR count). The van der Waals surface area contributed by atoms with E-state index in [2.05, 4.69) is 21.2 Å². The van der Waals surface area contributed by atoms with Gasteiger partial charge < -0.3 is 5.32 Å². The van der Waals surface area contributed by atoms with Crippen molar-refractivity contribution in [3.63, 3.8) is 0 Å². The van der Waals surface area contributed by atoms with E-state index in [1.807, 2.05) is 0 Å². The Hall–Kier alpha value is -2.69. The number of imide groups is 1. The molecule has 0 radical (unpaired) electrons. The molecule has 148 valence electrons. The van der Waals surface area contributed by atoms with Crippen LogP contribution >= 0.6 is 39.3 Å². The molecular formula is C18H11BrClN3O5S. The minimum atomic E-state index is -0.609. The zero-order chi connectivity index (χ0) is 21.1. The number of hydrogen-bond acceptors (Lipinski definition) is 6. The average Bonchev–Trinajstić information content (AvgIpc) is 2.92. The van der Waals surface area contributed by atoms with Crippen molar-refractivity contribution in [1.29, 1.82) is 0 Å². The van der Waals surface area contributed by atoms with Crippen LogP contribution in [0.1, 0.15) is 5.56 Å². The second kappa shape index (κ2) is 8.76. The van der Waals surface area contributed by atoms with E-state index in [0.29, 0.717) is 32.5 Å². The molecule has 0 spiro atoms. The number of nitrogens with one attached hydrogen (secondary N) is 1. The Balaban J connectivity index is 1.68. The van der Waals surface area contributed by atoms with E-state index in [0.717, 1.165) is 4.90 Å². The van der Waals surface area contributed by atoms with Crippen LogP contribution in [0.2, 0.25) is 5.02 Å². The van der Waals surface area contributed by atoms with Gasteiger partial charge in [-0.25, -0.2) is 0 Å². The molecule has 1 saturated heterocycles. The molecule has 0 atom stereocenters. The highest BCUT2D eigenvalue weighted by Gasteiger charge is 2.36. The quantitative estimate of drug-likeness (QED) is 0.365. The largest absolute Gasteiger partial charge is 0.324 e. The van der Waals surface area contributed by atoms with Crippen LogP contribution in [0.4, 0.5) is 16.2 Å². The number of hydrogen-bond donors (Lipinski definition) is 1. The predicted molar refractivity (Wildman–Crippen MR) is 114 cm³/mol. The maximum Gasteiger partial charge on any atom is 0.294 e. The third-order valence-corrected chi connectivity index (χ3v) is 5.92. The van der Waals surface area contributed by atoms with E-state index >= 15 is 0 Å². The lowest BCUT2D eigenvalue weighted by Gasteiger charge is -2.12. The first kappa shape index (κ1) is 21.0. The van der Waals surface area contributed by atoms with Gasteiger partial charge in [-0.15, -0.1) is 0 Å². The average molecular weight is 497 g/mol. The summed E-state index contributed by atoms with van der Waals surface area (Å²) < 4.78 is 0.666. The molecule has 3 amide bonds. The summed E-state index contributed by atoms with van der Waals surface area (Å²) in [6.07, 6.45) is 1.45. The molecule has 1 aliphatic rings. The molecule has 1 aliphatic heterocycles. The number of benzene rings is 2. The maximum absolute atomic E-state index is 12.5. The Kier molecular flexibility index (Phi) is 6.36. The van der Waals surface area contributed by atoms with Gasteiger partial charge in [-0.1, -0.05) is 11.6 Å². The van der Waals surface area contributed by atoms with E-state index in [1.165, 1.54) is 36.4 Å². The standard InChI is InChI=1S/C18H11BrClN3O5S/c19-13-6-3-11(8-14(13)20)21-16(24)9-22-17(25)15(29-18(22)26)7-10-1-4-12(5-2-10)23(27)28/h1-8H,9H2,(H,21,24)/b15-7+. The zero-order valence-electron chi connectivity index (χ0n) is 14.4. The van der Waals surface area contributed by atoms with Crippen LogP contribution in [-0.2, 0) is 9.59 Å². The molecule has 11 heteroatoms. The molecule has 0 aliphatic carbocycles. The van der Waals surface area contributed by atoms with Crippen molar-refractivity contribution in [2.24, 2.45) is 0 Å². The molecule has 2 aromatic carbocycles. The van der Waals surface area contributed by atoms with Gasteiger partial charge in [0, 0.05) is 22.3 Å². The fourth-order valence-electron chi connectivity index (χ4n) is 2.40. The molecule has 1 heterocycles. The molecule has 1 N–H and O–H groups in total. The van der Waals surface area contributed by atoms with Gasteiger partial charge in [-0.2, -0.15) is 0 Å². The molecule has 0 aromatic heterocycles. The highest BCUT2D eigenvalue weighted by molar-refractivity contribution is 9.10. The first-order chi connectivity index (χ1) is 13.7. The summed E-state index contributed by atoms with van der Waals surface area (Å²) in [5, 5.41) is 13.1. The SMILES string of the molecule is O=C(CN1C(=O)S/C(=C/c2ccc([N+](=O)[O-])cc2)C1=O)Nc1ccc(Br)c(Cl)c1. The normalized spacial score (nSPS) is 15.1. The third-order valence-electron chi connectivity index (χ3n) is 3.78. The summed E-state index contributed by atoms with van der Waals surface area (Å²) in [4.78, 5) is 48.0. The summed E-state index contributed by atoms with van der Waals surface area (Å²) in [6.45, 7) is -0.448. The highest BCUT2D eigenvalue weighted by atomic mass is 79.9. The van der Waals surface area contributed by atoms with Crippen LogP contribution in [0, 0.1) is 10.1 Å². The summed E-state index contributed by atoms with van der Waals surface area (Å²) in [6, 6.07) is 10.3. The number of amides is 3. The van der Waals surface area contributed by atoms with E-state index in [4.69, 9.17) is 11.6 Å². The number of carbonyl (C=O) groups is 3. The van der Waals surface area contributed by atoms with Gasteiger partial charge in [-0.3, -0.25) is 29.4 Å². The molecular weight excluding hydrogens is 486 g/mol. The molecule has 8 nitrogen and oxygen atoms in total.